The summed E-state index contributed by atoms with van der Waals surface area (Å²) in [4.78, 5) is 12.7. The number of benzene rings is 1. The smallest absolute Gasteiger partial charge is 0.308 e. The Labute approximate surface area is 183 Å². The van der Waals surface area contributed by atoms with Crippen molar-refractivity contribution in [2.45, 2.75) is 79.4 Å². The molecule has 1 rings (SSSR count). The number of ether oxygens (including phenoxy) is 4. The lowest BCUT2D eigenvalue weighted by Crippen LogP contribution is -2.40. The van der Waals surface area contributed by atoms with Gasteiger partial charge < -0.3 is 18.9 Å². The summed E-state index contributed by atoms with van der Waals surface area (Å²) >= 11 is 0. The monoisotopic (exact) mass is 422 g/mol. The highest BCUT2D eigenvalue weighted by molar-refractivity contribution is 5.72. The van der Waals surface area contributed by atoms with E-state index in [1.807, 2.05) is 44.2 Å². The first-order chi connectivity index (χ1) is 14.5. The van der Waals surface area contributed by atoms with Crippen LogP contribution < -0.4 is 4.74 Å². The molecule has 0 aliphatic heterocycles. The second-order valence-corrected chi connectivity index (χ2v) is 8.06. The van der Waals surface area contributed by atoms with Crippen molar-refractivity contribution in [2.24, 2.45) is 11.3 Å². The summed E-state index contributed by atoms with van der Waals surface area (Å²) in [7, 11) is 0. The number of carbonyl (C=O) groups excluding carboxylic acids is 1. The Bertz CT molecular complexity index is 562. The molecule has 3 unspecified atom stereocenters. The number of unbranched alkanes of at least 4 members (excludes halogenated alkanes) is 1. The molecule has 3 atom stereocenters. The van der Waals surface area contributed by atoms with E-state index >= 15 is 0 Å². The van der Waals surface area contributed by atoms with E-state index < -0.39 is 5.41 Å². The van der Waals surface area contributed by atoms with E-state index in [0.717, 1.165) is 44.3 Å². The van der Waals surface area contributed by atoms with E-state index in [0.29, 0.717) is 19.8 Å². The summed E-state index contributed by atoms with van der Waals surface area (Å²) in [6.07, 6.45) is 5.20. The topological polar surface area (TPSA) is 54.0 Å². The molecule has 5 nitrogen and oxygen atoms in total. The van der Waals surface area contributed by atoms with E-state index in [4.69, 9.17) is 18.9 Å². The Hall–Kier alpha value is -1.59. The second-order valence-electron chi connectivity index (χ2n) is 8.06. The molecule has 1 aromatic rings. The minimum Gasteiger partial charge on any atom is -0.493 e. The molecule has 5 heteroatoms. The summed E-state index contributed by atoms with van der Waals surface area (Å²) in [6, 6.07) is 9.70. The Morgan fingerprint density at radius 2 is 1.70 bits per heavy atom. The Morgan fingerprint density at radius 3 is 2.30 bits per heavy atom. The molecule has 0 N–H and O–H groups in total. The highest BCUT2D eigenvalue weighted by Crippen LogP contribution is 2.27. The zero-order valence-corrected chi connectivity index (χ0v) is 19.7. The molecule has 0 aliphatic rings. The first-order valence-corrected chi connectivity index (χ1v) is 11.6. The van der Waals surface area contributed by atoms with Crippen LogP contribution in [0, 0.1) is 11.3 Å². The zero-order chi connectivity index (χ0) is 22.2. The van der Waals surface area contributed by atoms with Crippen LogP contribution in [0.5, 0.6) is 5.75 Å². The van der Waals surface area contributed by atoms with Crippen LogP contribution in [0.15, 0.2) is 30.3 Å². The van der Waals surface area contributed by atoms with Gasteiger partial charge in [-0.05, 0) is 44.7 Å². The van der Waals surface area contributed by atoms with Gasteiger partial charge in [0.1, 0.15) is 12.4 Å². The van der Waals surface area contributed by atoms with Gasteiger partial charge in [0.05, 0.1) is 24.5 Å². The maximum atomic E-state index is 12.7. The van der Waals surface area contributed by atoms with Crippen molar-refractivity contribution in [1.82, 2.24) is 0 Å². The minimum atomic E-state index is -0.432. The first kappa shape index (κ1) is 26.4. The number of rotatable bonds is 17. The normalized spacial score (nSPS) is 15.2. The van der Waals surface area contributed by atoms with Crippen molar-refractivity contribution < 1.29 is 23.7 Å². The van der Waals surface area contributed by atoms with Crippen molar-refractivity contribution >= 4 is 5.97 Å². The molecular weight excluding hydrogens is 380 g/mol. The number of carbonyl (C=O) groups is 1. The Morgan fingerprint density at radius 1 is 0.967 bits per heavy atom. The highest BCUT2D eigenvalue weighted by atomic mass is 16.7. The first-order valence-electron chi connectivity index (χ1n) is 11.6. The van der Waals surface area contributed by atoms with Crippen LogP contribution in [0.2, 0.25) is 0 Å². The van der Waals surface area contributed by atoms with E-state index in [1.54, 1.807) is 0 Å². The van der Waals surface area contributed by atoms with Crippen LogP contribution >= 0.6 is 0 Å². The summed E-state index contributed by atoms with van der Waals surface area (Å²) in [5.74, 6) is 0.646. The molecule has 0 saturated carbocycles. The number of hydrogen-bond acceptors (Lipinski definition) is 5. The lowest BCUT2D eigenvalue weighted by molar-refractivity contribution is -0.172. The average molecular weight is 423 g/mol. The quantitative estimate of drug-likeness (QED) is 0.227. The molecule has 1 aromatic carbocycles. The summed E-state index contributed by atoms with van der Waals surface area (Å²) in [5, 5.41) is 0. The van der Waals surface area contributed by atoms with Crippen LogP contribution in [0.4, 0.5) is 0 Å². The standard InChI is InChI=1S/C25H42O5/c1-6-10-14-22(8-3)24(26)30-20-25(9-4,18-28-21(5)27-17-7-2)19-29-23-15-12-11-13-16-23/h11-13,15-16,21-22H,6-10,14,17-20H2,1-5H3. The predicted octanol–water partition coefficient (Wildman–Crippen LogP) is 6.01. The molecule has 0 bridgehead atoms. The van der Waals surface area contributed by atoms with Crippen LogP contribution in [0.3, 0.4) is 0 Å². The molecule has 0 heterocycles. The van der Waals surface area contributed by atoms with Gasteiger partial charge in [-0.1, -0.05) is 58.7 Å². The largest absolute Gasteiger partial charge is 0.493 e. The third-order valence-electron chi connectivity index (χ3n) is 5.47. The van der Waals surface area contributed by atoms with Gasteiger partial charge in [0.25, 0.3) is 0 Å². The van der Waals surface area contributed by atoms with Crippen molar-refractivity contribution in [3.8, 4) is 5.75 Å². The molecule has 0 radical (unpaired) electrons. The van der Waals surface area contributed by atoms with Gasteiger partial charge in [0, 0.05) is 6.61 Å². The Kier molecular flexibility index (Phi) is 13.4. The molecule has 0 saturated heterocycles. The average Bonchev–Trinajstić information content (AvgIpc) is 2.78. The Balaban J connectivity index is 2.78. The lowest BCUT2D eigenvalue weighted by atomic mass is 9.87. The fourth-order valence-electron chi connectivity index (χ4n) is 3.09. The summed E-state index contributed by atoms with van der Waals surface area (Å²) < 4.78 is 23.5. The van der Waals surface area contributed by atoms with E-state index in [1.165, 1.54) is 0 Å². The van der Waals surface area contributed by atoms with Gasteiger partial charge in [-0.3, -0.25) is 4.79 Å². The number of para-hydroxylation sites is 1. The third kappa shape index (κ3) is 9.94. The van der Waals surface area contributed by atoms with Crippen LogP contribution in [0.1, 0.15) is 73.1 Å². The molecule has 30 heavy (non-hydrogen) atoms. The number of hydrogen-bond donors (Lipinski definition) is 0. The predicted molar refractivity (Wildman–Crippen MR) is 121 cm³/mol. The summed E-state index contributed by atoms with van der Waals surface area (Å²) in [5.41, 5.74) is -0.432. The fourth-order valence-corrected chi connectivity index (χ4v) is 3.09. The van der Waals surface area contributed by atoms with Crippen LogP contribution in [0.25, 0.3) is 0 Å². The van der Waals surface area contributed by atoms with E-state index in [-0.39, 0.29) is 24.8 Å². The fraction of sp³-hybridized carbons (Fsp3) is 0.720. The van der Waals surface area contributed by atoms with E-state index in [9.17, 15) is 4.79 Å². The summed E-state index contributed by atoms with van der Waals surface area (Å²) in [6.45, 7) is 12.0. The third-order valence-corrected chi connectivity index (χ3v) is 5.47. The molecule has 0 aliphatic carbocycles. The van der Waals surface area contributed by atoms with Gasteiger partial charge in [0.2, 0.25) is 0 Å². The zero-order valence-electron chi connectivity index (χ0n) is 19.7. The van der Waals surface area contributed by atoms with Crippen LogP contribution in [-0.2, 0) is 19.0 Å². The van der Waals surface area contributed by atoms with Crippen molar-refractivity contribution in [3.63, 3.8) is 0 Å². The van der Waals surface area contributed by atoms with Crippen molar-refractivity contribution in [2.75, 3.05) is 26.4 Å². The maximum Gasteiger partial charge on any atom is 0.308 e. The molecule has 0 spiro atoms. The maximum absolute atomic E-state index is 12.7. The van der Waals surface area contributed by atoms with E-state index in [2.05, 4.69) is 20.8 Å². The molecule has 0 aromatic heterocycles. The minimum absolute atomic E-state index is 0.0396. The SMILES string of the molecule is CCCCC(CC)C(=O)OCC(CC)(COc1ccccc1)COC(C)OCCC. The highest BCUT2D eigenvalue weighted by Gasteiger charge is 2.33. The van der Waals surface area contributed by atoms with Gasteiger partial charge in [-0.2, -0.15) is 0 Å². The van der Waals surface area contributed by atoms with Gasteiger partial charge in [0.15, 0.2) is 6.29 Å². The van der Waals surface area contributed by atoms with Gasteiger partial charge >= 0.3 is 5.97 Å². The lowest BCUT2D eigenvalue weighted by Gasteiger charge is -2.33. The molecule has 172 valence electrons. The molecule has 0 fully saturated rings. The van der Waals surface area contributed by atoms with Crippen LogP contribution in [-0.4, -0.2) is 38.7 Å². The van der Waals surface area contributed by atoms with Crippen molar-refractivity contribution in [1.29, 1.82) is 0 Å². The van der Waals surface area contributed by atoms with Crippen molar-refractivity contribution in [3.05, 3.63) is 30.3 Å². The second kappa shape index (κ2) is 15.2. The van der Waals surface area contributed by atoms with Gasteiger partial charge in [-0.15, -0.1) is 0 Å². The number of esters is 1. The molecular formula is C25H42O5. The molecule has 0 amide bonds. The van der Waals surface area contributed by atoms with Gasteiger partial charge in [-0.25, -0.2) is 0 Å².